The van der Waals surface area contributed by atoms with E-state index in [4.69, 9.17) is 0 Å². The van der Waals surface area contributed by atoms with Crippen LogP contribution >= 0.6 is 11.3 Å². The Hall–Kier alpha value is -8.76. The third-order valence-electron chi connectivity index (χ3n) is 16.3. The first-order valence-electron chi connectivity index (χ1n) is 25.2. The number of rotatable bonds is 3. The van der Waals surface area contributed by atoms with Gasteiger partial charge in [-0.1, -0.05) is 164 Å². The van der Waals surface area contributed by atoms with Crippen molar-refractivity contribution in [3.05, 3.63) is 252 Å². The van der Waals surface area contributed by atoms with Gasteiger partial charge in [-0.2, -0.15) is 0 Å². The van der Waals surface area contributed by atoms with Crippen LogP contribution < -0.4 is 0 Å². The van der Waals surface area contributed by atoms with E-state index in [0.29, 0.717) is 0 Å². The second kappa shape index (κ2) is 14.4. The van der Waals surface area contributed by atoms with E-state index in [1.54, 1.807) is 0 Å². The lowest BCUT2D eigenvalue weighted by molar-refractivity contribution is 1.17. The van der Waals surface area contributed by atoms with Crippen LogP contribution in [-0.2, 0) is 12.8 Å². The first-order valence-corrected chi connectivity index (χ1v) is 26.0. The SMILES string of the molecule is [CH]1c2c1c1c(ccc3c1c1ccccc1n3-c1ccc3c(c1)-c1c(ccc4c1C=CCc1ccc(-n5c6ccccc6c6c7sc8ccccc8c7ccc65)cc1-4)CC(c1ccccc1)=C3)c1ccccc21. The van der Waals surface area contributed by atoms with E-state index in [1.165, 1.54) is 163 Å². The summed E-state index contributed by atoms with van der Waals surface area (Å²) in [4.78, 5) is 0. The molecule has 17 rings (SSSR count). The molecule has 333 valence electrons. The predicted octanol–water partition coefficient (Wildman–Crippen LogP) is 18.5. The predicted molar refractivity (Wildman–Crippen MR) is 307 cm³/mol. The van der Waals surface area contributed by atoms with Gasteiger partial charge in [0.05, 0.1) is 22.1 Å². The van der Waals surface area contributed by atoms with Crippen molar-refractivity contribution in [3.8, 4) is 33.6 Å². The van der Waals surface area contributed by atoms with Crippen LogP contribution in [0.25, 0.3) is 137 Å². The lowest BCUT2D eigenvalue weighted by Crippen LogP contribution is -2.00. The topological polar surface area (TPSA) is 9.86 Å². The van der Waals surface area contributed by atoms with Gasteiger partial charge in [0.1, 0.15) is 0 Å². The van der Waals surface area contributed by atoms with Crippen LogP contribution in [0.4, 0.5) is 0 Å². The van der Waals surface area contributed by atoms with Crippen LogP contribution in [0.3, 0.4) is 0 Å². The fraction of sp³-hybridized carbons (Fsp3) is 0.0290. The van der Waals surface area contributed by atoms with Crippen LogP contribution in [-0.4, -0.2) is 9.13 Å². The summed E-state index contributed by atoms with van der Waals surface area (Å²) in [5, 5.41) is 13.3. The molecular weight excluding hydrogens is 889 g/mol. The number of allylic oxidation sites excluding steroid dienone is 2. The van der Waals surface area contributed by atoms with Crippen molar-refractivity contribution in [2.24, 2.45) is 0 Å². The first-order chi connectivity index (χ1) is 35.7. The zero-order valence-electron chi connectivity index (χ0n) is 39.1. The molecule has 2 nitrogen and oxygen atoms in total. The highest BCUT2D eigenvalue weighted by Crippen LogP contribution is 2.51. The van der Waals surface area contributed by atoms with Crippen molar-refractivity contribution in [2.75, 3.05) is 0 Å². The highest BCUT2D eigenvalue weighted by Gasteiger charge is 2.30. The van der Waals surface area contributed by atoms with Crippen molar-refractivity contribution in [2.45, 2.75) is 12.8 Å². The summed E-state index contributed by atoms with van der Waals surface area (Å²) in [6.07, 6.45) is 11.4. The quantitative estimate of drug-likeness (QED) is 0.156. The van der Waals surface area contributed by atoms with Crippen molar-refractivity contribution in [1.82, 2.24) is 9.13 Å². The molecule has 3 heterocycles. The maximum Gasteiger partial charge on any atom is 0.0555 e. The normalized spacial score (nSPS) is 13.7. The lowest BCUT2D eigenvalue weighted by atomic mass is 9.85. The average Bonchev–Trinajstić information content (AvgIpc) is 4.02. The monoisotopic (exact) mass is 929 g/mol. The van der Waals surface area contributed by atoms with E-state index < -0.39 is 0 Å². The molecule has 0 saturated carbocycles. The molecule has 0 saturated heterocycles. The van der Waals surface area contributed by atoms with E-state index in [0.717, 1.165) is 12.8 Å². The first kappa shape index (κ1) is 39.0. The van der Waals surface area contributed by atoms with Crippen molar-refractivity contribution < 1.29 is 0 Å². The van der Waals surface area contributed by atoms with Crippen molar-refractivity contribution in [1.29, 1.82) is 0 Å². The number of aromatic nitrogens is 2. The van der Waals surface area contributed by atoms with E-state index >= 15 is 0 Å². The smallest absolute Gasteiger partial charge is 0.0555 e. The molecule has 0 fully saturated rings. The Balaban J connectivity index is 0.895. The molecule has 0 N–H and O–H groups in total. The molecule has 0 bridgehead atoms. The summed E-state index contributed by atoms with van der Waals surface area (Å²) < 4.78 is 7.72. The molecule has 14 aromatic rings. The Morgan fingerprint density at radius 1 is 0.403 bits per heavy atom. The van der Waals surface area contributed by atoms with Crippen molar-refractivity contribution >= 4 is 114 Å². The maximum absolute atomic E-state index is 2.53. The Morgan fingerprint density at radius 2 is 1.06 bits per heavy atom. The zero-order chi connectivity index (χ0) is 46.8. The van der Waals surface area contributed by atoms with Gasteiger partial charge in [0.2, 0.25) is 0 Å². The van der Waals surface area contributed by atoms with E-state index in [1.807, 2.05) is 11.3 Å². The molecule has 1 radical (unpaired) electrons. The number of fused-ring (bicyclic) bond motifs is 24. The molecule has 0 atom stereocenters. The maximum atomic E-state index is 2.53. The molecule has 11 aromatic carbocycles. The lowest BCUT2D eigenvalue weighted by Gasteiger charge is -2.20. The summed E-state index contributed by atoms with van der Waals surface area (Å²) in [7, 11) is 0. The summed E-state index contributed by atoms with van der Waals surface area (Å²) in [5.74, 6) is 0. The fourth-order valence-electron chi connectivity index (χ4n) is 13.1. The van der Waals surface area contributed by atoms with Gasteiger partial charge in [-0.3, -0.25) is 0 Å². The molecule has 3 heteroatoms. The van der Waals surface area contributed by atoms with E-state index in [9.17, 15) is 0 Å². The molecule has 3 aliphatic rings. The fourth-order valence-corrected chi connectivity index (χ4v) is 14.4. The molecule has 0 aliphatic heterocycles. The number of nitrogens with zero attached hydrogens (tertiary/aromatic N) is 2. The number of para-hydroxylation sites is 2. The van der Waals surface area contributed by atoms with Gasteiger partial charge < -0.3 is 9.13 Å². The summed E-state index contributed by atoms with van der Waals surface area (Å²) in [5.41, 5.74) is 23.0. The van der Waals surface area contributed by atoms with Gasteiger partial charge in [-0.05, 0) is 156 Å². The summed E-state index contributed by atoms with van der Waals surface area (Å²) in [6.45, 7) is 0. The van der Waals surface area contributed by atoms with E-state index in [-0.39, 0.29) is 0 Å². The van der Waals surface area contributed by atoms with E-state index in [2.05, 4.69) is 234 Å². The van der Waals surface area contributed by atoms with Gasteiger partial charge in [0.25, 0.3) is 0 Å². The van der Waals surface area contributed by atoms with Crippen molar-refractivity contribution in [3.63, 3.8) is 0 Å². The van der Waals surface area contributed by atoms with Crippen LogP contribution in [0.2, 0.25) is 0 Å². The van der Waals surface area contributed by atoms with Crippen LogP contribution in [0.1, 0.15) is 38.9 Å². The minimum atomic E-state index is 0.835. The van der Waals surface area contributed by atoms with Gasteiger partial charge in [-0.15, -0.1) is 11.3 Å². The van der Waals surface area contributed by atoms with Crippen LogP contribution in [0.5, 0.6) is 0 Å². The molecule has 3 aliphatic carbocycles. The number of thiophene rings is 1. The molecule has 72 heavy (non-hydrogen) atoms. The Kier molecular flexibility index (Phi) is 7.81. The summed E-state index contributed by atoms with van der Waals surface area (Å²) in [6, 6.07) is 75.5. The Morgan fingerprint density at radius 3 is 1.88 bits per heavy atom. The second-order valence-electron chi connectivity index (χ2n) is 20.0. The van der Waals surface area contributed by atoms with Gasteiger partial charge in [0, 0.05) is 59.5 Å². The van der Waals surface area contributed by atoms with Crippen LogP contribution in [0.15, 0.2) is 206 Å². The summed E-state index contributed by atoms with van der Waals surface area (Å²) >= 11 is 1.91. The number of benzene rings is 11. The van der Waals surface area contributed by atoms with Gasteiger partial charge >= 0.3 is 0 Å². The molecule has 0 amide bonds. The zero-order valence-corrected chi connectivity index (χ0v) is 39.9. The highest BCUT2D eigenvalue weighted by molar-refractivity contribution is 7.26. The number of hydrogen-bond acceptors (Lipinski definition) is 1. The third-order valence-corrected chi connectivity index (χ3v) is 17.5. The Labute approximate surface area is 419 Å². The second-order valence-corrected chi connectivity index (χ2v) is 21.1. The molecule has 3 aromatic heterocycles. The van der Waals surface area contributed by atoms with Crippen LogP contribution in [0, 0.1) is 6.42 Å². The minimum absolute atomic E-state index is 0.835. The van der Waals surface area contributed by atoms with Gasteiger partial charge in [-0.25, -0.2) is 0 Å². The third kappa shape index (κ3) is 5.33. The molecular formula is C69H41N2S. The highest BCUT2D eigenvalue weighted by atomic mass is 32.1. The molecule has 0 unspecified atom stereocenters. The largest absolute Gasteiger partial charge is 0.309 e. The average molecular weight is 930 g/mol. The minimum Gasteiger partial charge on any atom is -0.309 e. The number of hydrogen-bond donors (Lipinski definition) is 0. The standard InChI is InChI=1S/C69H41N2S/c1-2-13-40(14-3-1)44-35-42-26-29-46(70-60-22-9-6-19-54(60)67-62(70)33-31-52-47-16-4-5-17-48(47)58-39-59(58)66(52)67)38-57(42)65-43(36-44)27-30-49-51(65)21-12-15-41-25-28-45(37-56(41)49)71-61-23-10-7-20-55(61)68-63(71)34-32-53-50-18-8-11-24-64(50)72-69(53)68/h1-14,16-35,37-39H,15,36H2. The Bertz CT molecular complexity index is 4820. The van der Waals surface area contributed by atoms with Gasteiger partial charge in [0.15, 0.2) is 0 Å². The molecule has 0 spiro atoms.